The van der Waals surface area contributed by atoms with Gasteiger partial charge in [0.15, 0.2) is 5.82 Å². The van der Waals surface area contributed by atoms with E-state index < -0.39 is 20.9 Å². The highest BCUT2D eigenvalue weighted by atomic mass is 32.2. The summed E-state index contributed by atoms with van der Waals surface area (Å²) in [5.41, 5.74) is 0.736. The van der Waals surface area contributed by atoms with E-state index in [0.29, 0.717) is 11.3 Å². The number of nitro groups is 1. The first-order valence-corrected chi connectivity index (χ1v) is 11.0. The summed E-state index contributed by atoms with van der Waals surface area (Å²) >= 11 is 0. The molecular formula is C21H19N5O7S. The van der Waals surface area contributed by atoms with Gasteiger partial charge in [0.1, 0.15) is 0 Å². The molecule has 0 atom stereocenters. The molecule has 0 aliphatic rings. The summed E-state index contributed by atoms with van der Waals surface area (Å²) in [5, 5.41) is 13.4. The average Bonchev–Trinajstić information content (AvgIpc) is 2.82. The molecule has 12 nitrogen and oxygen atoms in total. The largest absolute Gasteiger partial charge is 0.481 e. The van der Waals surface area contributed by atoms with Gasteiger partial charge in [0.25, 0.3) is 15.7 Å². The van der Waals surface area contributed by atoms with Crippen molar-refractivity contribution in [3.8, 4) is 11.9 Å². The van der Waals surface area contributed by atoms with Crippen LogP contribution in [0.4, 0.5) is 17.2 Å². The topological polar surface area (TPSA) is 163 Å². The van der Waals surface area contributed by atoms with Crippen LogP contribution in [0.2, 0.25) is 0 Å². The summed E-state index contributed by atoms with van der Waals surface area (Å²) < 4.78 is 37.6. The Hall–Kier alpha value is -4.52. The number of aromatic nitrogens is 2. The number of methoxy groups -OCH3 is 2. The average molecular weight is 485 g/mol. The number of anilines is 2. The number of amides is 1. The molecule has 176 valence electrons. The molecule has 34 heavy (non-hydrogen) atoms. The molecule has 1 amide bonds. The van der Waals surface area contributed by atoms with Crippen molar-refractivity contribution in [3.05, 3.63) is 76.4 Å². The standard InChI is InChI=1S/C21H19N5O7S/c1-32-20-13-18(23-21(24-20)33-2)25-34(30,31)17-9-7-15(8-10-17)22-19(27)11-6-14-4-3-5-16(12-14)26(28)29/h3-13H,1-2H3,(H,22,27)(H,23,24,25)/b11-6+. The zero-order valence-corrected chi connectivity index (χ0v) is 18.8. The predicted octanol–water partition coefficient (Wildman–Crippen LogP) is 2.85. The van der Waals surface area contributed by atoms with E-state index in [1.807, 2.05) is 0 Å². The van der Waals surface area contributed by atoms with Gasteiger partial charge in [-0.3, -0.25) is 19.6 Å². The Morgan fingerprint density at radius 2 is 1.79 bits per heavy atom. The van der Waals surface area contributed by atoms with Crippen LogP contribution in [0.1, 0.15) is 5.56 Å². The number of ether oxygens (including phenoxy) is 2. The summed E-state index contributed by atoms with van der Waals surface area (Å²) in [7, 11) is -1.30. The van der Waals surface area contributed by atoms with Crippen LogP contribution in [0.5, 0.6) is 11.9 Å². The van der Waals surface area contributed by atoms with Gasteiger partial charge >= 0.3 is 6.01 Å². The third kappa shape index (κ3) is 6.26. The van der Waals surface area contributed by atoms with E-state index in [1.54, 1.807) is 6.07 Å². The van der Waals surface area contributed by atoms with Gasteiger partial charge in [-0.15, -0.1) is 0 Å². The minimum absolute atomic E-state index is 0.0487. The highest BCUT2D eigenvalue weighted by Gasteiger charge is 2.17. The molecule has 0 aliphatic heterocycles. The lowest BCUT2D eigenvalue weighted by Crippen LogP contribution is -2.15. The van der Waals surface area contributed by atoms with Crippen molar-refractivity contribution in [1.82, 2.24) is 9.97 Å². The SMILES string of the molecule is COc1cc(NS(=O)(=O)c2ccc(NC(=O)/C=C/c3cccc([N+](=O)[O-])c3)cc2)nc(OC)n1. The summed E-state index contributed by atoms with van der Waals surface area (Å²) in [6.45, 7) is 0. The molecule has 0 saturated carbocycles. The second kappa shape index (κ2) is 10.4. The number of hydrogen-bond donors (Lipinski definition) is 2. The molecule has 0 saturated heterocycles. The van der Waals surface area contributed by atoms with Crippen LogP contribution < -0.4 is 19.5 Å². The molecule has 0 bridgehead atoms. The maximum atomic E-state index is 12.7. The first-order valence-electron chi connectivity index (χ1n) is 9.53. The van der Waals surface area contributed by atoms with Crippen molar-refractivity contribution in [1.29, 1.82) is 0 Å². The van der Waals surface area contributed by atoms with Crippen LogP contribution in [0, 0.1) is 10.1 Å². The quantitative estimate of drug-likeness (QED) is 0.263. The Labute approximate surface area is 194 Å². The number of carbonyl (C=O) groups excluding carboxylic acids is 1. The van der Waals surface area contributed by atoms with Crippen LogP contribution in [0.3, 0.4) is 0 Å². The summed E-state index contributed by atoms with van der Waals surface area (Å²) in [6, 6.07) is 12.5. The number of non-ortho nitro benzene ring substituents is 1. The van der Waals surface area contributed by atoms with Gasteiger partial charge < -0.3 is 14.8 Å². The van der Waals surface area contributed by atoms with Crippen LogP contribution in [0.25, 0.3) is 6.08 Å². The fraction of sp³-hybridized carbons (Fsp3) is 0.0952. The summed E-state index contributed by atoms with van der Waals surface area (Å²) in [5.74, 6) is -0.437. The molecule has 0 aliphatic carbocycles. The number of hydrogen-bond acceptors (Lipinski definition) is 9. The van der Waals surface area contributed by atoms with Crippen LogP contribution >= 0.6 is 0 Å². The minimum atomic E-state index is -4.00. The van der Waals surface area contributed by atoms with Gasteiger partial charge in [-0.2, -0.15) is 9.97 Å². The van der Waals surface area contributed by atoms with E-state index in [9.17, 15) is 23.3 Å². The number of nitro benzene ring substituents is 1. The summed E-state index contributed by atoms with van der Waals surface area (Å²) in [6.07, 6.45) is 2.64. The number of carbonyl (C=O) groups is 1. The maximum Gasteiger partial charge on any atom is 0.321 e. The normalized spacial score (nSPS) is 11.1. The molecule has 0 radical (unpaired) electrons. The lowest BCUT2D eigenvalue weighted by molar-refractivity contribution is -0.384. The van der Waals surface area contributed by atoms with Crippen LogP contribution in [-0.4, -0.2) is 43.4 Å². The van der Waals surface area contributed by atoms with Crippen molar-refractivity contribution in [2.45, 2.75) is 4.90 Å². The predicted molar refractivity (Wildman–Crippen MR) is 123 cm³/mol. The molecular weight excluding hydrogens is 466 g/mol. The van der Waals surface area contributed by atoms with Crippen molar-refractivity contribution in [2.24, 2.45) is 0 Å². The van der Waals surface area contributed by atoms with Crippen LogP contribution in [-0.2, 0) is 14.8 Å². The highest BCUT2D eigenvalue weighted by molar-refractivity contribution is 7.92. The molecule has 2 aromatic carbocycles. The van der Waals surface area contributed by atoms with Crippen molar-refractivity contribution in [2.75, 3.05) is 24.3 Å². The first-order chi connectivity index (χ1) is 16.2. The van der Waals surface area contributed by atoms with Crippen LogP contribution in [0.15, 0.2) is 65.6 Å². The highest BCUT2D eigenvalue weighted by Crippen LogP contribution is 2.21. The molecule has 3 aromatic rings. The Morgan fingerprint density at radius 1 is 1.06 bits per heavy atom. The lowest BCUT2D eigenvalue weighted by Gasteiger charge is -2.10. The molecule has 2 N–H and O–H groups in total. The number of nitrogens with zero attached hydrogens (tertiary/aromatic N) is 3. The lowest BCUT2D eigenvalue weighted by atomic mass is 10.2. The fourth-order valence-electron chi connectivity index (χ4n) is 2.66. The van der Waals surface area contributed by atoms with E-state index >= 15 is 0 Å². The molecule has 3 rings (SSSR count). The van der Waals surface area contributed by atoms with Gasteiger partial charge in [0.05, 0.1) is 24.0 Å². The van der Waals surface area contributed by atoms with Gasteiger partial charge in [-0.05, 0) is 35.9 Å². The van der Waals surface area contributed by atoms with E-state index in [4.69, 9.17) is 9.47 Å². The Balaban J connectivity index is 1.68. The third-order valence-corrected chi connectivity index (χ3v) is 5.62. The zero-order valence-electron chi connectivity index (χ0n) is 18.0. The van der Waals surface area contributed by atoms with E-state index in [2.05, 4.69) is 20.0 Å². The van der Waals surface area contributed by atoms with Crippen molar-refractivity contribution in [3.63, 3.8) is 0 Å². The molecule has 1 heterocycles. The smallest absolute Gasteiger partial charge is 0.321 e. The van der Waals surface area contributed by atoms with Crippen molar-refractivity contribution >= 4 is 39.2 Å². The molecule has 0 unspecified atom stereocenters. The van der Waals surface area contributed by atoms with E-state index in [1.165, 1.54) is 74.9 Å². The second-order valence-corrected chi connectivity index (χ2v) is 8.27. The van der Waals surface area contributed by atoms with Gasteiger partial charge in [-0.1, -0.05) is 12.1 Å². The molecule has 0 spiro atoms. The minimum Gasteiger partial charge on any atom is -0.481 e. The monoisotopic (exact) mass is 485 g/mol. The fourth-order valence-corrected chi connectivity index (χ4v) is 3.66. The number of nitrogens with one attached hydrogen (secondary N) is 2. The molecule has 0 fully saturated rings. The Bertz CT molecular complexity index is 1320. The van der Waals surface area contributed by atoms with Gasteiger partial charge in [0, 0.05) is 30.0 Å². The second-order valence-electron chi connectivity index (χ2n) is 6.59. The molecule has 13 heteroatoms. The van der Waals surface area contributed by atoms with Gasteiger partial charge in [-0.25, -0.2) is 8.42 Å². The maximum absolute atomic E-state index is 12.7. The number of rotatable bonds is 9. The Kier molecular flexibility index (Phi) is 7.38. The zero-order chi connectivity index (χ0) is 24.7. The van der Waals surface area contributed by atoms with Gasteiger partial charge in [0.2, 0.25) is 11.8 Å². The number of sulfonamides is 1. The molecule has 1 aromatic heterocycles. The Morgan fingerprint density at radius 3 is 2.44 bits per heavy atom. The van der Waals surface area contributed by atoms with E-state index in [-0.39, 0.29) is 28.3 Å². The first kappa shape index (κ1) is 24.1. The van der Waals surface area contributed by atoms with E-state index in [0.717, 1.165) is 0 Å². The van der Waals surface area contributed by atoms with Crippen molar-refractivity contribution < 1.29 is 27.6 Å². The summed E-state index contributed by atoms with van der Waals surface area (Å²) in [4.78, 5) is 30.2. The number of benzene rings is 2. The third-order valence-electron chi connectivity index (χ3n) is 4.25.